The summed E-state index contributed by atoms with van der Waals surface area (Å²) >= 11 is 2.54. The normalized spacial score (nSPS) is 17.2. The summed E-state index contributed by atoms with van der Waals surface area (Å²) in [5.41, 5.74) is 3.00. The van der Waals surface area contributed by atoms with E-state index in [2.05, 4.69) is 20.5 Å². The van der Waals surface area contributed by atoms with Gasteiger partial charge < -0.3 is 14.5 Å². The van der Waals surface area contributed by atoms with Crippen LogP contribution in [0.4, 0.5) is 0 Å². The van der Waals surface area contributed by atoms with Gasteiger partial charge in [0.1, 0.15) is 22.8 Å². The molecule has 0 radical (unpaired) electrons. The first-order chi connectivity index (χ1) is 23.0. The first-order valence-corrected chi connectivity index (χ1v) is 16.7. The van der Waals surface area contributed by atoms with Crippen molar-refractivity contribution < 1.29 is 23.5 Å². The lowest BCUT2D eigenvalue weighted by Gasteiger charge is -2.49. The standard InChI is InChI=1S/C35H27N5O5S2/c41-27(20-22-12-4-1-5-13-22)37-28-32(42)40-29(34(43)44-30(23-14-6-2-7-15-23)24-16-8-3-9-17-24)26(21-46-33(28)40)47-35-39-38-31(45-35)25-18-10-11-19-36-25/h1-19,28,30,33H,20-21H2,(H,37,41)/t28-,33-/m1/s1. The summed E-state index contributed by atoms with van der Waals surface area (Å²) in [5.74, 6) is -0.776. The van der Waals surface area contributed by atoms with Crippen molar-refractivity contribution in [3.05, 3.63) is 143 Å². The number of carbonyl (C=O) groups is 3. The van der Waals surface area contributed by atoms with Crippen LogP contribution in [0.15, 0.2) is 136 Å². The minimum atomic E-state index is -0.788. The van der Waals surface area contributed by atoms with Crippen molar-refractivity contribution in [2.24, 2.45) is 0 Å². The van der Waals surface area contributed by atoms with E-state index in [0.29, 0.717) is 16.4 Å². The molecule has 5 aromatic rings. The lowest BCUT2D eigenvalue weighted by atomic mass is 10.0. The molecule has 0 spiro atoms. The summed E-state index contributed by atoms with van der Waals surface area (Å²) in [7, 11) is 0. The number of nitrogens with zero attached hydrogens (tertiary/aromatic N) is 4. The highest BCUT2D eigenvalue weighted by molar-refractivity contribution is 8.06. The van der Waals surface area contributed by atoms with E-state index in [0.717, 1.165) is 28.5 Å². The molecule has 2 aromatic heterocycles. The zero-order chi connectivity index (χ0) is 32.2. The Morgan fingerprint density at radius 1 is 0.915 bits per heavy atom. The Kier molecular flexibility index (Phi) is 8.85. The summed E-state index contributed by atoms with van der Waals surface area (Å²) in [6.45, 7) is 0. The van der Waals surface area contributed by atoms with Gasteiger partial charge in [0.15, 0.2) is 6.10 Å². The van der Waals surface area contributed by atoms with Crippen molar-refractivity contribution in [2.75, 3.05) is 5.75 Å². The van der Waals surface area contributed by atoms with Crippen LogP contribution in [0.3, 0.4) is 0 Å². The van der Waals surface area contributed by atoms with Crippen molar-refractivity contribution in [1.29, 1.82) is 0 Å². The third kappa shape index (κ3) is 6.56. The number of amides is 2. The van der Waals surface area contributed by atoms with Crippen LogP contribution in [0.2, 0.25) is 0 Å². The quantitative estimate of drug-likeness (QED) is 0.153. The summed E-state index contributed by atoms with van der Waals surface area (Å²) in [4.78, 5) is 47.0. The maximum atomic E-state index is 14.2. The van der Waals surface area contributed by atoms with Crippen LogP contribution < -0.4 is 5.32 Å². The van der Waals surface area contributed by atoms with Gasteiger partial charge in [-0.1, -0.05) is 97.1 Å². The maximum Gasteiger partial charge on any atom is 0.356 e. The second kappa shape index (κ2) is 13.7. The van der Waals surface area contributed by atoms with Gasteiger partial charge in [0.05, 0.1) is 6.42 Å². The number of nitrogens with one attached hydrogen (secondary N) is 1. The van der Waals surface area contributed by atoms with Crippen LogP contribution in [0.25, 0.3) is 11.6 Å². The highest BCUT2D eigenvalue weighted by atomic mass is 32.2. The van der Waals surface area contributed by atoms with E-state index in [4.69, 9.17) is 9.15 Å². The van der Waals surface area contributed by atoms with E-state index in [1.807, 2.05) is 97.1 Å². The number of β-lactam (4-membered cyclic amide) rings is 1. The fourth-order valence-corrected chi connectivity index (χ4v) is 7.69. The molecule has 10 nitrogen and oxygen atoms in total. The molecule has 1 fully saturated rings. The van der Waals surface area contributed by atoms with Gasteiger partial charge >= 0.3 is 5.97 Å². The first-order valence-electron chi connectivity index (χ1n) is 14.8. The lowest BCUT2D eigenvalue weighted by Crippen LogP contribution is -2.70. The molecule has 234 valence electrons. The molecule has 0 unspecified atom stereocenters. The van der Waals surface area contributed by atoms with Crippen LogP contribution in [0.5, 0.6) is 0 Å². The first kappa shape index (κ1) is 30.5. The van der Waals surface area contributed by atoms with Crippen LogP contribution in [-0.4, -0.2) is 55.0 Å². The van der Waals surface area contributed by atoms with Crippen LogP contribution in [0, 0.1) is 0 Å². The average Bonchev–Trinajstić information content (AvgIpc) is 3.59. The van der Waals surface area contributed by atoms with Gasteiger partial charge in [0.2, 0.25) is 5.91 Å². The topological polar surface area (TPSA) is 128 Å². The second-order valence-electron chi connectivity index (χ2n) is 10.7. The Labute approximate surface area is 278 Å². The van der Waals surface area contributed by atoms with Crippen molar-refractivity contribution in [2.45, 2.75) is 29.2 Å². The third-order valence-corrected chi connectivity index (χ3v) is 9.97. The fourth-order valence-electron chi connectivity index (χ4n) is 5.36. The largest absolute Gasteiger partial charge is 0.448 e. The number of benzene rings is 3. The molecule has 1 N–H and O–H groups in total. The van der Waals surface area contributed by atoms with Crippen molar-refractivity contribution in [3.8, 4) is 11.6 Å². The Morgan fingerprint density at radius 2 is 1.57 bits per heavy atom. The van der Waals surface area contributed by atoms with Crippen molar-refractivity contribution >= 4 is 41.3 Å². The molecule has 7 rings (SSSR count). The Hall–Kier alpha value is -5.20. The number of rotatable bonds is 10. The Morgan fingerprint density at radius 3 is 2.23 bits per heavy atom. The molecule has 0 bridgehead atoms. The number of ether oxygens (including phenoxy) is 1. The molecule has 4 heterocycles. The second-order valence-corrected chi connectivity index (χ2v) is 12.8. The number of thioether (sulfide) groups is 2. The maximum absolute atomic E-state index is 14.2. The summed E-state index contributed by atoms with van der Waals surface area (Å²) in [6, 6.07) is 32.7. The van der Waals surface area contributed by atoms with Crippen LogP contribution in [0.1, 0.15) is 22.8 Å². The van der Waals surface area contributed by atoms with E-state index in [9.17, 15) is 14.4 Å². The van der Waals surface area contributed by atoms with Gasteiger partial charge in [-0.2, -0.15) is 0 Å². The fraction of sp³-hybridized carbons (Fsp3) is 0.143. The summed E-state index contributed by atoms with van der Waals surface area (Å²) in [6.07, 6.45) is 1.04. The number of fused-ring (bicyclic) bond motifs is 1. The van der Waals surface area contributed by atoms with Gasteiger partial charge in [-0.05, 0) is 40.6 Å². The molecule has 0 aliphatic carbocycles. The number of carbonyl (C=O) groups excluding carboxylic acids is 3. The number of aromatic nitrogens is 3. The Bertz CT molecular complexity index is 1880. The number of hydrogen-bond donors (Lipinski definition) is 1. The highest BCUT2D eigenvalue weighted by Gasteiger charge is 2.55. The van der Waals surface area contributed by atoms with Gasteiger partial charge in [-0.25, -0.2) is 4.79 Å². The van der Waals surface area contributed by atoms with E-state index in [-0.39, 0.29) is 29.1 Å². The Balaban J connectivity index is 1.18. The van der Waals surface area contributed by atoms with Gasteiger partial charge in [0.25, 0.3) is 17.0 Å². The van der Waals surface area contributed by atoms with E-state index >= 15 is 0 Å². The molecule has 2 aliphatic rings. The molecular weight excluding hydrogens is 635 g/mol. The van der Waals surface area contributed by atoms with Crippen LogP contribution in [-0.2, 0) is 25.5 Å². The molecule has 12 heteroatoms. The summed E-state index contributed by atoms with van der Waals surface area (Å²) in [5, 5.41) is 10.8. The molecule has 1 saturated heterocycles. The van der Waals surface area contributed by atoms with Crippen LogP contribution >= 0.6 is 23.5 Å². The van der Waals surface area contributed by atoms with Gasteiger partial charge in [0, 0.05) is 16.9 Å². The van der Waals surface area contributed by atoms with E-state index in [1.165, 1.54) is 16.7 Å². The zero-order valence-corrected chi connectivity index (χ0v) is 26.4. The smallest absolute Gasteiger partial charge is 0.356 e. The predicted octanol–water partition coefficient (Wildman–Crippen LogP) is 5.41. The van der Waals surface area contributed by atoms with E-state index in [1.54, 1.807) is 18.3 Å². The number of pyridine rings is 1. The van der Waals surface area contributed by atoms with Crippen molar-refractivity contribution in [3.63, 3.8) is 0 Å². The summed E-state index contributed by atoms with van der Waals surface area (Å²) < 4.78 is 12.1. The molecule has 2 aliphatic heterocycles. The molecule has 2 amide bonds. The molecule has 0 saturated carbocycles. The minimum absolute atomic E-state index is 0.0896. The average molecular weight is 662 g/mol. The molecule has 2 atom stereocenters. The third-order valence-electron chi connectivity index (χ3n) is 7.58. The number of esters is 1. The van der Waals surface area contributed by atoms with Crippen molar-refractivity contribution in [1.82, 2.24) is 25.4 Å². The minimum Gasteiger partial charge on any atom is -0.448 e. The molecule has 47 heavy (non-hydrogen) atoms. The lowest BCUT2D eigenvalue weighted by molar-refractivity contribution is -0.154. The van der Waals surface area contributed by atoms with E-state index < -0.39 is 29.4 Å². The van der Waals surface area contributed by atoms with Gasteiger partial charge in [-0.3, -0.25) is 19.5 Å². The predicted molar refractivity (Wildman–Crippen MR) is 176 cm³/mol. The number of hydrogen-bond acceptors (Lipinski definition) is 10. The molecule has 3 aromatic carbocycles. The van der Waals surface area contributed by atoms with Gasteiger partial charge in [-0.15, -0.1) is 22.0 Å². The highest BCUT2D eigenvalue weighted by Crippen LogP contribution is 2.46. The molecular formula is C35H27N5O5S2. The monoisotopic (exact) mass is 661 g/mol. The SMILES string of the molecule is O=C(Cc1ccccc1)N[C@@H]1C(=O)N2C(C(=O)OC(c3ccccc3)c3ccccc3)=C(Sc3nnc(-c4ccccn4)o3)CS[C@H]12. The zero-order valence-electron chi connectivity index (χ0n) is 24.8.